The highest BCUT2D eigenvalue weighted by molar-refractivity contribution is 6.06. The van der Waals surface area contributed by atoms with Crippen LogP contribution in [0.2, 0.25) is 0 Å². The Hall–Kier alpha value is -1.16. The van der Waals surface area contributed by atoms with E-state index in [0.717, 1.165) is 6.42 Å². The van der Waals surface area contributed by atoms with Gasteiger partial charge in [-0.1, -0.05) is 19.1 Å². The number of fused-ring (bicyclic) bond motifs is 5. The van der Waals surface area contributed by atoms with Gasteiger partial charge >= 0.3 is 0 Å². The molecule has 4 unspecified atom stereocenters. The smallest absolute Gasteiger partial charge is 0.234 e. The first-order chi connectivity index (χ1) is 8.19. The zero-order chi connectivity index (χ0) is 12.2. The Morgan fingerprint density at radius 1 is 1.29 bits per heavy atom. The average molecular weight is 235 g/mol. The van der Waals surface area contributed by atoms with Gasteiger partial charge in [-0.3, -0.25) is 14.5 Å². The molecule has 92 valence electrons. The van der Waals surface area contributed by atoms with Crippen molar-refractivity contribution in [1.82, 2.24) is 4.90 Å². The minimum absolute atomic E-state index is 0.0576. The van der Waals surface area contributed by atoms with Gasteiger partial charge in [0, 0.05) is 0 Å². The van der Waals surface area contributed by atoms with E-state index in [1.54, 1.807) is 0 Å². The fourth-order valence-electron chi connectivity index (χ4n) is 3.68. The van der Waals surface area contributed by atoms with Crippen molar-refractivity contribution in [3.05, 3.63) is 12.2 Å². The molecule has 0 aromatic carbocycles. The van der Waals surface area contributed by atoms with Crippen molar-refractivity contribution in [3.8, 4) is 0 Å². The summed E-state index contributed by atoms with van der Waals surface area (Å²) in [5.41, 5.74) is 0. The molecule has 3 aliphatic rings. The van der Waals surface area contributed by atoms with Crippen LogP contribution in [0.25, 0.3) is 0 Å². The quantitative estimate of drug-likeness (QED) is 0.574. The molecule has 5 atom stereocenters. The summed E-state index contributed by atoms with van der Waals surface area (Å²) in [6.07, 6.45) is 5.74. The SMILES string of the molecule is CC[C@@H](CO)N1C(=O)C2C3C=CC(C3)C2C1=O. The molecule has 0 radical (unpaired) electrons. The van der Waals surface area contributed by atoms with E-state index >= 15 is 0 Å². The van der Waals surface area contributed by atoms with E-state index < -0.39 is 0 Å². The highest BCUT2D eigenvalue weighted by atomic mass is 16.3. The minimum atomic E-state index is -0.333. The molecule has 2 fully saturated rings. The average Bonchev–Trinajstić information content (AvgIpc) is 2.98. The fourth-order valence-corrected chi connectivity index (χ4v) is 3.68. The number of carbonyl (C=O) groups is 2. The topological polar surface area (TPSA) is 57.6 Å². The molecule has 1 saturated heterocycles. The molecule has 17 heavy (non-hydrogen) atoms. The van der Waals surface area contributed by atoms with Crippen LogP contribution in [0.5, 0.6) is 0 Å². The van der Waals surface area contributed by atoms with Gasteiger partial charge in [-0.25, -0.2) is 0 Å². The Kier molecular flexibility index (Phi) is 2.36. The summed E-state index contributed by atoms with van der Waals surface area (Å²) in [5.74, 6) is 0.108. The van der Waals surface area contributed by atoms with Gasteiger partial charge in [0.25, 0.3) is 0 Å². The molecule has 3 rings (SSSR count). The highest BCUT2D eigenvalue weighted by Crippen LogP contribution is 2.52. The molecule has 1 saturated carbocycles. The van der Waals surface area contributed by atoms with Crippen molar-refractivity contribution < 1.29 is 14.7 Å². The third-order valence-corrected chi connectivity index (χ3v) is 4.55. The molecule has 0 aromatic rings. The van der Waals surface area contributed by atoms with Crippen LogP contribution < -0.4 is 0 Å². The van der Waals surface area contributed by atoms with Gasteiger partial charge in [-0.15, -0.1) is 0 Å². The van der Waals surface area contributed by atoms with Gasteiger partial charge in [-0.2, -0.15) is 0 Å². The van der Waals surface area contributed by atoms with Crippen LogP contribution in [-0.4, -0.2) is 34.5 Å². The second-order valence-corrected chi connectivity index (χ2v) is 5.29. The number of likely N-dealkylation sites (tertiary alicyclic amines) is 1. The lowest BCUT2D eigenvalue weighted by Gasteiger charge is -2.25. The number of carbonyl (C=O) groups excluding carboxylic acids is 2. The van der Waals surface area contributed by atoms with Crippen molar-refractivity contribution in [3.63, 3.8) is 0 Å². The molecule has 1 N–H and O–H groups in total. The monoisotopic (exact) mass is 235 g/mol. The Morgan fingerprint density at radius 2 is 1.82 bits per heavy atom. The Bertz CT molecular complexity index is 369. The third-order valence-electron chi connectivity index (χ3n) is 4.55. The second-order valence-electron chi connectivity index (χ2n) is 5.29. The molecular weight excluding hydrogens is 218 g/mol. The number of amides is 2. The maximum absolute atomic E-state index is 12.3. The predicted octanol–water partition coefficient (Wildman–Crippen LogP) is 0.564. The van der Waals surface area contributed by atoms with Crippen LogP contribution in [-0.2, 0) is 9.59 Å². The lowest BCUT2D eigenvalue weighted by atomic mass is 9.85. The normalized spacial score (nSPS) is 40.2. The van der Waals surface area contributed by atoms with Crippen molar-refractivity contribution in [2.45, 2.75) is 25.8 Å². The van der Waals surface area contributed by atoms with Crippen molar-refractivity contribution in [2.75, 3.05) is 6.61 Å². The molecule has 0 spiro atoms. The summed E-state index contributed by atoms with van der Waals surface area (Å²) >= 11 is 0. The largest absolute Gasteiger partial charge is 0.394 e. The molecular formula is C13H17NO3. The maximum Gasteiger partial charge on any atom is 0.234 e. The van der Waals surface area contributed by atoms with Crippen molar-refractivity contribution in [2.24, 2.45) is 23.7 Å². The number of aliphatic hydroxyl groups is 1. The fraction of sp³-hybridized carbons (Fsp3) is 0.692. The van der Waals surface area contributed by atoms with Gasteiger partial charge in [0.1, 0.15) is 0 Å². The van der Waals surface area contributed by atoms with Crippen molar-refractivity contribution >= 4 is 11.8 Å². The summed E-state index contributed by atoms with van der Waals surface area (Å²) in [5, 5.41) is 9.27. The zero-order valence-electron chi connectivity index (χ0n) is 9.87. The standard InChI is InChI=1S/C13H17NO3/c1-2-9(6-15)14-12(16)10-7-3-4-8(5-7)11(10)13(14)17/h3-4,7-11,15H,2,5-6H2,1H3/t7?,8?,9-,10?,11?/m0/s1. The summed E-state index contributed by atoms with van der Waals surface area (Å²) in [7, 11) is 0. The zero-order valence-corrected chi connectivity index (χ0v) is 9.87. The molecule has 2 aliphatic carbocycles. The second kappa shape index (κ2) is 3.67. The van der Waals surface area contributed by atoms with E-state index in [1.165, 1.54) is 4.90 Å². The van der Waals surface area contributed by atoms with E-state index in [4.69, 9.17) is 0 Å². The van der Waals surface area contributed by atoms with Gasteiger partial charge in [0.05, 0.1) is 24.5 Å². The summed E-state index contributed by atoms with van der Waals surface area (Å²) in [4.78, 5) is 25.9. The first-order valence-electron chi connectivity index (χ1n) is 6.35. The van der Waals surface area contributed by atoms with Gasteiger partial charge < -0.3 is 5.11 Å². The van der Waals surface area contributed by atoms with Crippen LogP contribution in [0.15, 0.2) is 12.2 Å². The Labute approximate surface area is 100 Å². The number of allylic oxidation sites excluding steroid dienone is 2. The number of nitrogens with zero attached hydrogens (tertiary/aromatic N) is 1. The van der Waals surface area contributed by atoms with E-state index in [1.807, 2.05) is 6.92 Å². The van der Waals surface area contributed by atoms with Crippen LogP contribution in [0.1, 0.15) is 19.8 Å². The lowest BCUT2D eigenvalue weighted by Crippen LogP contribution is -2.43. The van der Waals surface area contributed by atoms with Crippen LogP contribution >= 0.6 is 0 Å². The molecule has 1 aliphatic heterocycles. The van der Waals surface area contributed by atoms with E-state index in [9.17, 15) is 14.7 Å². The molecule has 4 nitrogen and oxygen atoms in total. The summed E-state index contributed by atoms with van der Waals surface area (Å²) in [6.45, 7) is 1.76. The van der Waals surface area contributed by atoms with Gasteiger partial charge in [0.2, 0.25) is 11.8 Å². The number of hydrogen-bond donors (Lipinski definition) is 1. The molecule has 2 amide bonds. The molecule has 2 bridgehead atoms. The van der Waals surface area contributed by atoms with Crippen LogP contribution in [0.4, 0.5) is 0 Å². The van der Waals surface area contributed by atoms with Crippen LogP contribution in [0.3, 0.4) is 0 Å². The minimum Gasteiger partial charge on any atom is -0.394 e. The van der Waals surface area contributed by atoms with Crippen molar-refractivity contribution in [1.29, 1.82) is 0 Å². The lowest BCUT2D eigenvalue weighted by molar-refractivity contribution is -0.144. The summed E-state index contributed by atoms with van der Waals surface area (Å²) in [6, 6.07) is -0.333. The highest BCUT2D eigenvalue weighted by Gasteiger charge is 2.60. The van der Waals surface area contributed by atoms with Gasteiger partial charge in [0.15, 0.2) is 0 Å². The maximum atomic E-state index is 12.3. The third kappa shape index (κ3) is 1.27. The first kappa shape index (κ1) is 11.0. The summed E-state index contributed by atoms with van der Waals surface area (Å²) < 4.78 is 0. The number of hydrogen-bond acceptors (Lipinski definition) is 3. The number of aliphatic hydroxyl groups excluding tert-OH is 1. The first-order valence-corrected chi connectivity index (χ1v) is 6.35. The van der Waals surface area contributed by atoms with Crippen LogP contribution in [0, 0.1) is 23.7 Å². The predicted molar refractivity (Wildman–Crippen MR) is 60.7 cm³/mol. The van der Waals surface area contributed by atoms with E-state index in [2.05, 4.69) is 12.2 Å². The Balaban J connectivity index is 1.92. The number of rotatable bonds is 3. The Morgan fingerprint density at radius 3 is 2.24 bits per heavy atom. The molecule has 0 aromatic heterocycles. The molecule has 4 heteroatoms. The van der Waals surface area contributed by atoms with Gasteiger partial charge in [-0.05, 0) is 24.7 Å². The van der Waals surface area contributed by atoms with E-state index in [-0.39, 0.29) is 48.1 Å². The molecule has 1 heterocycles. The van der Waals surface area contributed by atoms with E-state index in [0.29, 0.717) is 6.42 Å². The number of imide groups is 1.